The van der Waals surface area contributed by atoms with Crippen molar-refractivity contribution in [2.75, 3.05) is 63.6 Å². The van der Waals surface area contributed by atoms with Crippen LogP contribution >= 0.6 is 11.8 Å². The molecule has 2 heterocycles. The van der Waals surface area contributed by atoms with Gasteiger partial charge in [0.15, 0.2) is 0 Å². The number of nitrogens with zero attached hydrogens (tertiary/aromatic N) is 2. The quantitative estimate of drug-likeness (QED) is 0.382. The van der Waals surface area contributed by atoms with Gasteiger partial charge in [-0.05, 0) is 74.3 Å². The fourth-order valence-electron chi connectivity index (χ4n) is 4.46. The third-order valence-electron chi connectivity index (χ3n) is 6.50. The van der Waals surface area contributed by atoms with Crippen molar-refractivity contribution in [3.05, 3.63) is 59.2 Å². The van der Waals surface area contributed by atoms with Crippen LogP contribution in [0.25, 0.3) is 6.08 Å². The highest BCUT2D eigenvalue weighted by molar-refractivity contribution is 7.99. The third-order valence-corrected chi connectivity index (χ3v) is 7.64. The van der Waals surface area contributed by atoms with Gasteiger partial charge in [-0.2, -0.15) is 0 Å². The lowest BCUT2D eigenvalue weighted by Crippen LogP contribution is -2.46. The molecule has 0 bridgehead atoms. The van der Waals surface area contributed by atoms with E-state index < -0.39 is 0 Å². The summed E-state index contributed by atoms with van der Waals surface area (Å²) >= 11 is 1.69. The van der Waals surface area contributed by atoms with Crippen LogP contribution in [0.2, 0.25) is 0 Å². The Balaban J connectivity index is 1.15. The lowest BCUT2D eigenvalue weighted by Gasteiger charge is -2.36. The predicted octanol–water partition coefficient (Wildman–Crippen LogP) is 4.08. The van der Waals surface area contributed by atoms with E-state index in [1.807, 2.05) is 43.3 Å². The summed E-state index contributed by atoms with van der Waals surface area (Å²) in [5, 5.41) is 3.09. The largest absolute Gasteiger partial charge is 0.497 e. The number of fused-ring (bicyclic) bond motifs is 1. The van der Waals surface area contributed by atoms with Gasteiger partial charge < -0.3 is 19.7 Å². The van der Waals surface area contributed by atoms with Crippen molar-refractivity contribution in [3.63, 3.8) is 0 Å². The SMILES string of the molecule is CCOC(=O)c1cccc(N2CCN(CCCCNC(=O)C3=Cc4cc(OC)ccc4SC3)CC2)c1. The number of hydrogen-bond donors (Lipinski definition) is 1. The van der Waals surface area contributed by atoms with Gasteiger partial charge in [0.05, 0.1) is 19.3 Å². The van der Waals surface area contributed by atoms with Crippen molar-refractivity contribution in [1.82, 2.24) is 10.2 Å². The molecule has 192 valence electrons. The number of piperazine rings is 1. The minimum atomic E-state index is -0.270. The molecule has 1 amide bonds. The molecule has 0 radical (unpaired) electrons. The average molecular weight is 510 g/mol. The Morgan fingerprint density at radius 3 is 2.67 bits per heavy atom. The highest BCUT2D eigenvalue weighted by atomic mass is 32.2. The Morgan fingerprint density at radius 1 is 1.06 bits per heavy atom. The summed E-state index contributed by atoms with van der Waals surface area (Å²) in [6, 6.07) is 13.7. The third kappa shape index (κ3) is 6.83. The summed E-state index contributed by atoms with van der Waals surface area (Å²) in [7, 11) is 1.65. The molecule has 36 heavy (non-hydrogen) atoms. The number of rotatable bonds is 10. The van der Waals surface area contributed by atoms with E-state index in [-0.39, 0.29) is 11.9 Å². The highest BCUT2D eigenvalue weighted by Crippen LogP contribution is 2.34. The number of methoxy groups -OCH3 is 1. The number of hydrogen-bond acceptors (Lipinski definition) is 7. The van der Waals surface area contributed by atoms with Crippen LogP contribution in [-0.4, -0.2) is 75.5 Å². The first kappa shape index (κ1) is 26.1. The van der Waals surface area contributed by atoms with E-state index in [4.69, 9.17) is 9.47 Å². The molecule has 2 aliphatic heterocycles. The van der Waals surface area contributed by atoms with Crippen LogP contribution < -0.4 is 15.0 Å². The number of benzene rings is 2. The second kappa shape index (κ2) is 12.8. The maximum Gasteiger partial charge on any atom is 0.338 e. The zero-order valence-corrected chi connectivity index (χ0v) is 21.9. The molecule has 0 aliphatic carbocycles. The molecule has 7 nitrogen and oxygen atoms in total. The van der Waals surface area contributed by atoms with Crippen LogP contribution in [0.5, 0.6) is 5.75 Å². The molecule has 8 heteroatoms. The van der Waals surface area contributed by atoms with Crippen molar-refractivity contribution in [1.29, 1.82) is 0 Å². The minimum Gasteiger partial charge on any atom is -0.497 e. The molecule has 2 aliphatic rings. The van der Waals surface area contributed by atoms with Gasteiger partial charge in [-0.15, -0.1) is 11.8 Å². The van der Waals surface area contributed by atoms with Crippen LogP contribution in [0.15, 0.2) is 52.9 Å². The number of amides is 1. The monoisotopic (exact) mass is 509 g/mol. The predicted molar refractivity (Wildman–Crippen MR) is 145 cm³/mol. The summed E-state index contributed by atoms with van der Waals surface area (Å²) < 4.78 is 10.4. The van der Waals surface area contributed by atoms with Gasteiger partial charge in [0.1, 0.15) is 5.75 Å². The number of carbonyl (C=O) groups is 2. The lowest BCUT2D eigenvalue weighted by atomic mass is 10.1. The summed E-state index contributed by atoms with van der Waals surface area (Å²) in [4.78, 5) is 30.6. The van der Waals surface area contributed by atoms with Gasteiger partial charge in [0, 0.05) is 54.6 Å². The highest BCUT2D eigenvalue weighted by Gasteiger charge is 2.19. The van der Waals surface area contributed by atoms with Crippen LogP contribution in [0.1, 0.15) is 35.7 Å². The first-order chi connectivity index (χ1) is 17.6. The second-order valence-corrected chi connectivity index (χ2v) is 9.94. The van der Waals surface area contributed by atoms with Gasteiger partial charge in [-0.3, -0.25) is 9.69 Å². The molecule has 0 spiro atoms. The zero-order chi connectivity index (χ0) is 25.3. The summed E-state index contributed by atoms with van der Waals surface area (Å²) in [5.41, 5.74) is 3.52. The molecule has 1 saturated heterocycles. The van der Waals surface area contributed by atoms with E-state index in [2.05, 4.69) is 21.2 Å². The Bertz CT molecular complexity index is 1100. The molecule has 1 fully saturated rings. The smallest absolute Gasteiger partial charge is 0.338 e. The molecule has 2 aromatic carbocycles. The standard InChI is InChI=1S/C28H35N3O4S/c1-3-35-28(33)21-7-6-8-24(18-21)31-15-13-30(14-16-31)12-5-4-11-29-27(32)23-17-22-19-25(34-2)9-10-26(22)36-20-23/h6-10,17-19H,3-5,11-16,20H2,1-2H3,(H,29,32). The number of esters is 1. The van der Waals surface area contributed by atoms with E-state index in [1.165, 1.54) is 4.90 Å². The number of thioether (sulfide) groups is 1. The molecule has 1 N–H and O–H groups in total. The minimum absolute atomic E-state index is 0.0228. The van der Waals surface area contributed by atoms with Crippen LogP contribution in [-0.2, 0) is 9.53 Å². The fraction of sp³-hybridized carbons (Fsp3) is 0.429. The van der Waals surface area contributed by atoms with E-state index in [0.29, 0.717) is 24.5 Å². The Morgan fingerprint density at radius 2 is 1.89 bits per heavy atom. The number of nitrogens with one attached hydrogen (secondary N) is 1. The van der Waals surface area contributed by atoms with Gasteiger partial charge in [-0.1, -0.05) is 6.07 Å². The molecule has 4 rings (SSSR count). The van der Waals surface area contributed by atoms with Gasteiger partial charge in [0.2, 0.25) is 5.91 Å². The number of carbonyl (C=O) groups excluding carboxylic acids is 2. The topological polar surface area (TPSA) is 71.1 Å². The van der Waals surface area contributed by atoms with E-state index >= 15 is 0 Å². The van der Waals surface area contributed by atoms with Crippen molar-refractivity contribution in [3.8, 4) is 5.75 Å². The zero-order valence-electron chi connectivity index (χ0n) is 21.1. The van der Waals surface area contributed by atoms with Crippen molar-refractivity contribution in [2.24, 2.45) is 0 Å². The van der Waals surface area contributed by atoms with Crippen molar-refractivity contribution < 1.29 is 19.1 Å². The summed E-state index contributed by atoms with van der Waals surface area (Å²) in [6.07, 6.45) is 3.98. The Hall–Kier alpha value is -2.97. The first-order valence-corrected chi connectivity index (χ1v) is 13.6. The molecular weight excluding hydrogens is 474 g/mol. The molecular formula is C28H35N3O4S. The Kier molecular flexibility index (Phi) is 9.30. The molecule has 0 saturated carbocycles. The van der Waals surface area contributed by atoms with Crippen LogP contribution in [0.3, 0.4) is 0 Å². The van der Waals surface area contributed by atoms with Crippen molar-refractivity contribution >= 4 is 35.4 Å². The van der Waals surface area contributed by atoms with E-state index in [0.717, 1.165) is 68.1 Å². The lowest BCUT2D eigenvalue weighted by molar-refractivity contribution is -0.117. The molecule has 0 unspecified atom stereocenters. The van der Waals surface area contributed by atoms with E-state index in [1.54, 1.807) is 24.9 Å². The summed E-state index contributed by atoms with van der Waals surface area (Å²) in [5.74, 6) is 1.25. The number of anilines is 1. The molecule has 0 atom stereocenters. The van der Waals surface area contributed by atoms with Crippen LogP contribution in [0, 0.1) is 0 Å². The average Bonchev–Trinajstić information content (AvgIpc) is 2.92. The maximum atomic E-state index is 12.6. The normalized spacial score (nSPS) is 15.6. The van der Waals surface area contributed by atoms with Gasteiger partial charge in [-0.25, -0.2) is 4.79 Å². The molecule has 0 aromatic heterocycles. The fourth-order valence-corrected chi connectivity index (χ4v) is 5.44. The van der Waals surface area contributed by atoms with E-state index in [9.17, 15) is 9.59 Å². The molecule has 2 aromatic rings. The second-order valence-electron chi connectivity index (χ2n) is 8.92. The Labute approximate surface area is 217 Å². The first-order valence-electron chi connectivity index (χ1n) is 12.6. The van der Waals surface area contributed by atoms with Gasteiger partial charge in [0.25, 0.3) is 0 Å². The number of ether oxygens (including phenoxy) is 2. The van der Waals surface area contributed by atoms with Gasteiger partial charge >= 0.3 is 5.97 Å². The van der Waals surface area contributed by atoms with Crippen LogP contribution in [0.4, 0.5) is 5.69 Å². The summed E-state index contributed by atoms with van der Waals surface area (Å²) in [6.45, 7) is 7.75. The number of unbranched alkanes of at least 4 members (excludes halogenated alkanes) is 1. The maximum absolute atomic E-state index is 12.6. The van der Waals surface area contributed by atoms with Crippen molar-refractivity contribution in [2.45, 2.75) is 24.7 Å².